The topological polar surface area (TPSA) is 318 Å². The molecule has 190 valence electrons. The van der Waals surface area contributed by atoms with Crippen LogP contribution in [0.4, 0.5) is 4.39 Å². The Bertz CT molecular complexity index is 907. The highest BCUT2D eigenvalue weighted by Gasteiger charge is 2.56. The molecule has 0 radical (unpaired) electrons. The van der Waals surface area contributed by atoms with E-state index in [2.05, 4.69) is 0 Å². The molecule has 0 saturated carbocycles. The van der Waals surface area contributed by atoms with Gasteiger partial charge in [-0.25, -0.2) is 22.9 Å². The highest BCUT2D eigenvalue weighted by molar-refractivity contribution is 7.45. The number of rotatable bonds is 1. The first kappa shape index (κ1) is 33.3. The van der Waals surface area contributed by atoms with Gasteiger partial charge >= 0.3 is 29.2 Å². The molecule has 18 nitrogen and oxygen atoms in total. The van der Waals surface area contributed by atoms with E-state index >= 15 is 0 Å². The van der Waals surface area contributed by atoms with Crippen LogP contribution in [0.5, 0.6) is 0 Å². The Morgan fingerprint density at radius 1 is 1.00 bits per heavy atom. The van der Waals surface area contributed by atoms with Gasteiger partial charge in [-0.3, -0.25) is 14.3 Å². The van der Waals surface area contributed by atoms with E-state index in [1.165, 1.54) is 6.92 Å². The van der Waals surface area contributed by atoms with Crippen LogP contribution in [0.2, 0.25) is 0 Å². The van der Waals surface area contributed by atoms with Crippen molar-refractivity contribution in [2.24, 2.45) is 0 Å². The van der Waals surface area contributed by atoms with E-state index in [4.69, 9.17) is 74.1 Å². The predicted octanol–water partition coefficient (Wildman–Crippen LogP) is -3.07. The zero-order valence-electron chi connectivity index (χ0n) is 15.4. The number of aromatic nitrogens is 2. The summed E-state index contributed by atoms with van der Waals surface area (Å²) in [6, 6.07) is 1.03. The molecular weight excluding hydrogens is 539 g/mol. The summed E-state index contributed by atoms with van der Waals surface area (Å²) >= 11 is 5.53. The standard InChI is InChI=1S/C9H10ClFN2O4.3H3O4P/c1-4-6(15)9(10,11)7(17-4)13-3-2-5(14)12-8(13)16;3*1-5(2,3)4/h2-4,6-7,15H,1H3,(H,12,14,16);3*(H3,1,2,3,4)/t4-,6-,7-,9-;;;/m1.../s1. The van der Waals surface area contributed by atoms with Crippen molar-refractivity contribution in [3.8, 4) is 0 Å². The number of aliphatic hydroxyl groups excluding tert-OH is 1. The van der Waals surface area contributed by atoms with Crippen molar-refractivity contribution >= 4 is 35.1 Å². The summed E-state index contributed by atoms with van der Waals surface area (Å²) in [5.74, 6) is 0. The zero-order chi connectivity index (χ0) is 26.3. The van der Waals surface area contributed by atoms with Crippen molar-refractivity contribution in [2.75, 3.05) is 0 Å². The summed E-state index contributed by atoms with van der Waals surface area (Å²) in [4.78, 5) is 88.9. The number of aliphatic hydroxyl groups is 1. The van der Waals surface area contributed by atoms with Gasteiger partial charge in [0.2, 0.25) is 0 Å². The molecule has 11 N–H and O–H groups in total. The van der Waals surface area contributed by atoms with Gasteiger partial charge in [-0.15, -0.1) is 0 Å². The number of halogens is 2. The fourth-order valence-corrected chi connectivity index (χ4v) is 2.02. The van der Waals surface area contributed by atoms with Gasteiger partial charge in [0.25, 0.3) is 10.7 Å². The first-order valence-corrected chi connectivity index (χ1v) is 12.3. The van der Waals surface area contributed by atoms with Gasteiger partial charge in [-0.2, -0.15) is 0 Å². The first-order chi connectivity index (χ1) is 13.8. The van der Waals surface area contributed by atoms with Crippen LogP contribution in [0.25, 0.3) is 0 Å². The highest BCUT2D eigenvalue weighted by atomic mass is 35.5. The van der Waals surface area contributed by atoms with Gasteiger partial charge in [0.05, 0.1) is 6.10 Å². The van der Waals surface area contributed by atoms with Crippen molar-refractivity contribution in [2.45, 2.75) is 30.5 Å². The minimum absolute atomic E-state index is 0.614. The van der Waals surface area contributed by atoms with Crippen LogP contribution < -0.4 is 11.2 Å². The zero-order valence-corrected chi connectivity index (χ0v) is 18.8. The maximum Gasteiger partial charge on any atom is 0.466 e. The Hall–Kier alpha value is -0.850. The molecule has 1 aromatic heterocycles. The molecule has 0 amide bonds. The average Bonchev–Trinajstić information content (AvgIpc) is 2.65. The maximum absolute atomic E-state index is 14.0. The van der Waals surface area contributed by atoms with Crippen molar-refractivity contribution < 1.29 is 72.0 Å². The molecule has 1 aliphatic heterocycles. The number of nitrogens with one attached hydrogen (secondary N) is 1. The molecule has 0 unspecified atom stereocenters. The minimum atomic E-state index is -4.64. The third-order valence-corrected chi connectivity index (χ3v) is 3.03. The Morgan fingerprint density at radius 2 is 1.34 bits per heavy atom. The lowest BCUT2D eigenvalue weighted by Gasteiger charge is -2.22. The number of nitrogens with zero attached hydrogens (tertiary/aromatic N) is 1. The Morgan fingerprint density at radius 3 is 1.59 bits per heavy atom. The largest absolute Gasteiger partial charge is 0.466 e. The Labute approximate surface area is 180 Å². The smallest absolute Gasteiger partial charge is 0.386 e. The van der Waals surface area contributed by atoms with Gasteiger partial charge in [0.1, 0.15) is 6.10 Å². The van der Waals surface area contributed by atoms with Crippen LogP contribution in [0.3, 0.4) is 0 Å². The molecule has 2 rings (SSSR count). The fraction of sp³-hybridized carbons (Fsp3) is 0.556. The fourth-order valence-electron chi connectivity index (χ4n) is 1.69. The second-order valence-electron chi connectivity index (χ2n) is 5.37. The lowest BCUT2D eigenvalue weighted by atomic mass is 10.1. The highest BCUT2D eigenvalue weighted by Crippen LogP contribution is 2.43. The van der Waals surface area contributed by atoms with E-state index < -0.39 is 58.3 Å². The Kier molecular flexibility index (Phi) is 13.1. The van der Waals surface area contributed by atoms with Crippen LogP contribution in [0.1, 0.15) is 13.2 Å². The van der Waals surface area contributed by atoms with E-state index in [-0.39, 0.29) is 0 Å². The molecule has 1 saturated heterocycles. The van der Waals surface area contributed by atoms with Crippen molar-refractivity contribution in [1.82, 2.24) is 9.55 Å². The van der Waals surface area contributed by atoms with Crippen molar-refractivity contribution in [3.05, 3.63) is 33.1 Å². The molecule has 2 heterocycles. The SMILES string of the molecule is C[C@H]1O[C@@H](n2ccc(=O)[nH]c2=O)[C@@](F)(Cl)[C@@H]1O.O=P(O)(O)O.O=P(O)(O)O.O=P(O)(O)O. The number of alkyl halides is 2. The average molecular weight is 559 g/mol. The lowest BCUT2D eigenvalue weighted by molar-refractivity contribution is -0.0257. The second kappa shape index (κ2) is 12.6. The summed E-state index contributed by atoms with van der Waals surface area (Å²) in [6.45, 7) is 1.43. The van der Waals surface area contributed by atoms with Crippen LogP contribution in [-0.4, -0.2) is 76.0 Å². The predicted molar refractivity (Wildman–Crippen MR) is 99.4 cm³/mol. The van der Waals surface area contributed by atoms with Gasteiger partial charge < -0.3 is 53.9 Å². The molecule has 0 aromatic carbocycles. The third-order valence-electron chi connectivity index (χ3n) is 2.62. The number of aromatic amines is 1. The molecular formula is C9H19ClFN2O16P3. The molecule has 1 aromatic rings. The van der Waals surface area contributed by atoms with Crippen molar-refractivity contribution in [1.29, 1.82) is 0 Å². The maximum atomic E-state index is 14.0. The summed E-state index contributed by atoms with van der Waals surface area (Å²) in [6.07, 6.45) is -2.85. The molecule has 32 heavy (non-hydrogen) atoms. The van der Waals surface area contributed by atoms with Gasteiger partial charge in [-0.05, 0) is 6.92 Å². The molecule has 0 aliphatic carbocycles. The van der Waals surface area contributed by atoms with Crippen LogP contribution in [0, 0.1) is 0 Å². The summed E-state index contributed by atoms with van der Waals surface area (Å²) in [5.41, 5.74) is -1.47. The number of phosphoric acid groups is 3. The van der Waals surface area contributed by atoms with Crippen LogP contribution in [-0.2, 0) is 18.4 Å². The van der Waals surface area contributed by atoms with Crippen LogP contribution in [0.15, 0.2) is 21.9 Å². The second-order valence-corrected chi connectivity index (χ2v) is 9.03. The normalized spacial score (nSPS) is 25.3. The van der Waals surface area contributed by atoms with Gasteiger partial charge in [0, 0.05) is 12.3 Å². The number of H-pyrrole nitrogens is 1. The molecule has 4 atom stereocenters. The van der Waals surface area contributed by atoms with E-state index in [1.54, 1.807) is 0 Å². The van der Waals surface area contributed by atoms with Gasteiger partial charge in [0.15, 0.2) is 6.23 Å². The number of hydrogen-bond donors (Lipinski definition) is 11. The van der Waals surface area contributed by atoms with Crippen molar-refractivity contribution in [3.63, 3.8) is 0 Å². The quantitative estimate of drug-likeness (QED) is 0.120. The molecule has 0 bridgehead atoms. The minimum Gasteiger partial charge on any atom is -0.386 e. The molecule has 0 spiro atoms. The molecule has 1 fully saturated rings. The molecule has 1 aliphatic rings. The molecule has 23 heteroatoms. The number of hydrogen-bond acceptors (Lipinski definition) is 7. The van der Waals surface area contributed by atoms with Gasteiger partial charge in [-0.1, -0.05) is 11.6 Å². The monoisotopic (exact) mass is 558 g/mol. The van der Waals surface area contributed by atoms with E-state index in [9.17, 15) is 19.1 Å². The van der Waals surface area contributed by atoms with E-state index in [0.717, 1.165) is 16.8 Å². The summed E-state index contributed by atoms with van der Waals surface area (Å²) < 4.78 is 46.5. The van der Waals surface area contributed by atoms with Crippen LogP contribution >= 0.6 is 35.1 Å². The number of ether oxygens (including phenoxy) is 1. The van der Waals surface area contributed by atoms with E-state index in [0.29, 0.717) is 0 Å². The summed E-state index contributed by atoms with van der Waals surface area (Å²) in [5, 5.41) is 6.86. The Balaban J connectivity index is 0. The first-order valence-electron chi connectivity index (χ1n) is 7.21. The lowest BCUT2D eigenvalue weighted by Crippen LogP contribution is -2.41. The summed E-state index contributed by atoms with van der Waals surface area (Å²) in [7, 11) is -13.9. The van der Waals surface area contributed by atoms with E-state index in [1.807, 2.05) is 4.98 Å². The third kappa shape index (κ3) is 17.7.